The maximum Gasteiger partial charge on any atom is 0.230 e. The van der Waals surface area contributed by atoms with Gasteiger partial charge >= 0.3 is 0 Å². The fraction of sp³-hybridized carbons (Fsp3) is 0.200. The van der Waals surface area contributed by atoms with Crippen molar-refractivity contribution in [1.29, 1.82) is 5.26 Å². The number of anilines is 2. The van der Waals surface area contributed by atoms with Gasteiger partial charge in [0.2, 0.25) is 5.91 Å². The summed E-state index contributed by atoms with van der Waals surface area (Å²) in [5.74, 6) is -0.149. The Hall–Kier alpha value is -2.32. The number of para-hydroxylation sites is 1. The predicted octanol–water partition coefficient (Wildman–Crippen LogP) is 2.84. The summed E-state index contributed by atoms with van der Waals surface area (Å²) in [5.41, 5.74) is 2.78. The van der Waals surface area contributed by atoms with Crippen molar-refractivity contribution in [3.05, 3.63) is 46.8 Å². The van der Waals surface area contributed by atoms with E-state index in [4.69, 9.17) is 5.26 Å². The summed E-state index contributed by atoms with van der Waals surface area (Å²) in [5, 5.41) is 17.5. The van der Waals surface area contributed by atoms with E-state index in [1.807, 2.05) is 29.6 Å². The normalized spacial score (nSPS) is 16.6. The molecule has 100 valence electrons. The summed E-state index contributed by atoms with van der Waals surface area (Å²) >= 11 is 1.38. The molecule has 4 nitrogen and oxygen atoms in total. The Balaban J connectivity index is 1.72. The molecule has 1 aliphatic rings. The molecule has 2 aromatic rings. The van der Waals surface area contributed by atoms with Crippen LogP contribution in [0.5, 0.6) is 0 Å². The Bertz CT molecular complexity index is 686. The third-order valence-electron chi connectivity index (χ3n) is 3.42. The highest BCUT2D eigenvalue weighted by atomic mass is 32.1. The van der Waals surface area contributed by atoms with Gasteiger partial charge in [-0.2, -0.15) is 5.26 Å². The number of benzene rings is 1. The lowest BCUT2D eigenvalue weighted by Crippen LogP contribution is -2.33. The second kappa shape index (κ2) is 5.35. The number of thiophene rings is 1. The Morgan fingerprint density at radius 2 is 2.25 bits per heavy atom. The Kier molecular flexibility index (Phi) is 3.40. The summed E-state index contributed by atoms with van der Waals surface area (Å²) < 4.78 is 0. The quantitative estimate of drug-likeness (QED) is 0.890. The number of fused-ring (bicyclic) bond motifs is 1. The molecule has 2 N–H and O–H groups in total. The van der Waals surface area contributed by atoms with Crippen molar-refractivity contribution in [3.63, 3.8) is 0 Å². The van der Waals surface area contributed by atoms with Crippen LogP contribution in [0.4, 0.5) is 10.7 Å². The first-order valence-electron chi connectivity index (χ1n) is 6.38. The topological polar surface area (TPSA) is 64.9 Å². The zero-order valence-electron chi connectivity index (χ0n) is 10.7. The average molecular weight is 283 g/mol. The monoisotopic (exact) mass is 283 g/mol. The van der Waals surface area contributed by atoms with Crippen LogP contribution in [0.15, 0.2) is 35.7 Å². The summed E-state index contributed by atoms with van der Waals surface area (Å²) in [7, 11) is 0. The Labute approximate surface area is 121 Å². The van der Waals surface area contributed by atoms with Crippen LogP contribution in [-0.2, 0) is 11.2 Å². The molecule has 0 spiro atoms. The van der Waals surface area contributed by atoms with E-state index in [0.717, 1.165) is 17.7 Å². The molecule has 5 heteroatoms. The molecule has 0 radical (unpaired) electrons. The highest BCUT2D eigenvalue weighted by Gasteiger charge is 2.25. The van der Waals surface area contributed by atoms with Gasteiger partial charge < -0.3 is 10.6 Å². The van der Waals surface area contributed by atoms with Crippen LogP contribution in [0.3, 0.4) is 0 Å². The molecular weight excluding hydrogens is 270 g/mol. The van der Waals surface area contributed by atoms with E-state index in [9.17, 15) is 4.79 Å². The van der Waals surface area contributed by atoms with Gasteiger partial charge in [0.05, 0.1) is 11.5 Å². The minimum atomic E-state index is -0.112. The second-order valence-corrected chi connectivity index (χ2v) is 5.62. The third-order valence-corrected chi connectivity index (χ3v) is 4.25. The fourth-order valence-corrected chi connectivity index (χ4v) is 3.08. The van der Waals surface area contributed by atoms with Crippen molar-refractivity contribution >= 4 is 27.9 Å². The molecule has 3 rings (SSSR count). The first-order valence-corrected chi connectivity index (χ1v) is 7.26. The maximum absolute atomic E-state index is 12.3. The molecule has 1 aromatic heterocycles. The standard InChI is InChI=1S/C15H13N3OS/c16-8-11-5-6-20-15(11)18-14(19)12-7-10-3-1-2-4-13(10)17-9-12/h1-6,12,17H,7,9H2,(H,18,19). The molecule has 20 heavy (non-hydrogen) atoms. The van der Waals surface area contributed by atoms with E-state index < -0.39 is 0 Å². The van der Waals surface area contributed by atoms with Crippen LogP contribution in [0, 0.1) is 17.2 Å². The summed E-state index contributed by atoms with van der Waals surface area (Å²) in [4.78, 5) is 12.3. The van der Waals surface area contributed by atoms with Gasteiger partial charge in [0.25, 0.3) is 0 Å². The predicted molar refractivity (Wildman–Crippen MR) is 79.8 cm³/mol. The number of nitrogens with one attached hydrogen (secondary N) is 2. The molecule has 1 aromatic carbocycles. The number of hydrogen-bond donors (Lipinski definition) is 2. The van der Waals surface area contributed by atoms with Crippen LogP contribution in [0.1, 0.15) is 11.1 Å². The molecule has 1 unspecified atom stereocenters. The molecule has 0 fully saturated rings. The van der Waals surface area contributed by atoms with Crippen molar-refractivity contribution in [3.8, 4) is 6.07 Å². The molecule has 1 aliphatic heterocycles. The van der Waals surface area contributed by atoms with Gasteiger partial charge in [0, 0.05) is 12.2 Å². The number of hydrogen-bond acceptors (Lipinski definition) is 4. The molecular formula is C15H13N3OS. The van der Waals surface area contributed by atoms with Gasteiger partial charge in [0.15, 0.2) is 0 Å². The van der Waals surface area contributed by atoms with Crippen LogP contribution < -0.4 is 10.6 Å². The lowest BCUT2D eigenvalue weighted by molar-refractivity contribution is -0.119. The van der Waals surface area contributed by atoms with Gasteiger partial charge in [-0.3, -0.25) is 4.79 Å². The van der Waals surface area contributed by atoms with Gasteiger partial charge in [-0.15, -0.1) is 11.3 Å². The van der Waals surface area contributed by atoms with E-state index in [1.54, 1.807) is 6.07 Å². The zero-order chi connectivity index (χ0) is 13.9. The van der Waals surface area contributed by atoms with Gasteiger partial charge in [-0.25, -0.2) is 0 Å². The molecule has 0 bridgehead atoms. The smallest absolute Gasteiger partial charge is 0.230 e. The number of carbonyl (C=O) groups is 1. The van der Waals surface area contributed by atoms with Crippen molar-refractivity contribution in [2.45, 2.75) is 6.42 Å². The highest BCUT2D eigenvalue weighted by molar-refractivity contribution is 7.14. The number of carbonyl (C=O) groups excluding carboxylic acids is 1. The lowest BCUT2D eigenvalue weighted by Gasteiger charge is -2.25. The van der Waals surface area contributed by atoms with Crippen LogP contribution in [0.2, 0.25) is 0 Å². The maximum atomic E-state index is 12.3. The zero-order valence-corrected chi connectivity index (χ0v) is 11.5. The van der Waals surface area contributed by atoms with E-state index in [-0.39, 0.29) is 11.8 Å². The van der Waals surface area contributed by atoms with E-state index >= 15 is 0 Å². The third kappa shape index (κ3) is 2.38. The van der Waals surface area contributed by atoms with E-state index in [0.29, 0.717) is 17.1 Å². The van der Waals surface area contributed by atoms with E-state index in [1.165, 1.54) is 11.3 Å². The van der Waals surface area contributed by atoms with Gasteiger partial charge in [-0.1, -0.05) is 18.2 Å². The first-order chi connectivity index (χ1) is 9.78. The molecule has 0 aliphatic carbocycles. The van der Waals surface area contributed by atoms with Gasteiger partial charge in [0.1, 0.15) is 11.1 Å². The summed E-state index contributed by atoms with van der Waals surface area (Å²) in [6.07, 6.45) is 0.724. The number of nitriles is 1. The molecule has 0 saturated heterocycles. The first kappa shape index (κ1) is 12.7. The average Bonchev–Trinajstić information content (AvgIpc) is 2.94. The largest absolute Gasteiger partial charge is 0.384 e. The molecule has 1 atom stereocenters. The van der Waals surface area contributed by atoms with Crippen LogP contribution >= 0.6 is 11.3 Å². The molecule has 0 saturated carbocycles. The van der Waals surface area contributed by atoms with Crippen molar-refractivity contribution in [2.24, 2.45) is 5.92 Å². The van der Waals surface area contributed by atoms with Crippen molar-refractivity contribution < 1.29 is 4.79 Å². The second-order valence-electron chi connectivity index (χ2n) is 4.70. The Morgan fingerprint density at radius 3 is 3.10 bits per heavy atom. The van der Waals surface area contributed by atoms with Crippen LogP contribution in [-0.4, -0.2) is 12.5 Å². The number of amides is 1. The SMILES string of the molecule is N#Cc1ccsc1NC(=O)C1CNc2ccccc2C1. The van der Waals surface area contributed by atoms with Crippen molar-refractivity contribution in [2.75, 3.05) is 17.2 Å². The van der Waals surface area contributed by atoms with Gasteiger partial charge in [-0.05, 0) is 29.5 Å². The lowest BCUT2D eigenvalue weighted by atomic mass is 9.93. The summed E-state index contributed by atoms with van der Waals surface area (Å²) in [6, 6.07) is 11.8. The molecule has 2 heterocycles. The van der Waals surface area contributed by atoms with Crippen LogP contribution in [0.25, 0.3) is 0 Å². The number of rotatable bonds is 2. The van der Waals surface area contributed by atoms with E-state index in [2.05, 4.69) is 16.7 Å². The molecule has 1 amide bonds. The summed E-state index contributed by atoms with van der Waals surface area (Å²) in [6.45, 7) is 0.621. The highest BCUT2D eigenvalue weighted by Crippen LogP contribution is 2.27. The number of nitrogens with zero attached hydrogens (tertiary/aromatic N) is 1. The minimum absolute atomic E-state index is 0.0362. The minimum Gasteiger partial charge on any atom is -0.384 e. The fourth-order valence-electron chi connectivity index (χ4n) is 2.34. The Morgan fingerprint density at radius 1 is 1.40 bits per heavy atom. The van der Waals surface area contributed by atoms with Crippen molar-refractivity contribution in [1.82, 2.24) is 0 Å².